The van der Waals surface area contributed by atoms with Gasteiger partial charge in [-0.05, 0) is 49.4 Å². The van der Waals surface area contributed by atoms with E-state index in [4.69, 9.17) is 4.74 Å². The molecule has 1 aliphatic carbocycles. The van der Waals surface area contributed by atoms with Crippen LogP contribution < -0.4 is 10.1 Å². The monoisotopic (exact) mass is 297 g/mol. The molecule has 0 spiro atoms. The summed E-state index contributed by atoms with van der Waals surface area (Å²) in [6.07, 6.45) is 4.51. The van der Waals surface area contributed by atoms with Gasteiger partial charge < -0.3 is 10.1 Å². The van der Waals surface area contributed by atoms with Gasteiger partial charge in [0.2, 0.25) is 0 Å². The van der Waals surface area contributed by atoms with Crippen LogP contribution in [0.4, 0.5) is 0 Å². The summed E-state index contributed by atoms with van der Waals surface area (Å²) in [5, 5.41) is 3.45. The maximum absolute atomic E-state index is 11.4. The number of methoxy groups -OCH3 is 1. The van der Waals surface area contributed by atoms with Crippen LogP contribution in [-0.4, -0.2) is 33.6 Å². The molecular formula is C15H23NO3S. The Labute approximate surface area is 121 Å². The largest absolute Gasteiger partial charge is 0.497 e. The van der Waals surface area contributed by atoms with Crippen LogP contribution in [0, 0.1) is 0 Å². The lowest BCUT2D eigenvalue weighted by atomic mass is 9.87. The van der Waals surface area contributed by atoms with Crippen LogP contribution in [-0.2, 0) is 16.3 Å². The van der Waals surface area contributed by atoms with Gasteiger partial charge in [0.15, 0.2) is 0 Å². The molecule has 0 radical (unpaired) electrons. The van der Waals surface area contributed by atoms with E-state index in [2.05, 4.69) is 17.4 Å². The smallest absolute Gasteiger partial charge is 0.148 e. The standard InChI is InChI=1S/C15H23NO3S/c1-11(10-20(3,17)18)16-15-6-4-5-12-9-13(19-2)7-8-14(12)15/h7-9,11,15-16H,4-6,10H2,1-3H3. The van der Waals surface area contributed by atoms with Gasteiger partial charge in [-0.25, -0.2) is 8.42 Å². The van der Waals surface area contributed by atoms with Gasteiger partial charge in [0, 0.05) is 18.3 Å². The van der Waals surface area contributed by atoms with Crippen LogP contribution in [0.25, 0.3) is 0 Å². The molecular weight excluding hydrogens is 274 g/mol. The lowest BCUT2D eigenvalue weighted by molar-refractivity contribution is 0.405. The number of aryl methyl sites for hydroxylation is 1. The topological polar surface area (TPSA) is 55.4 Å². The quantitative estimate of drug-likeness (QED) is 0.904. The number of rotatable bonds is 5. The fourth-order valence-corrected chi connectivity index (χ4v) is 3.94. The summed E-state index contributed by atoms with van der Waals surface area (Å²) >= 11 is 0. The first-order valence-electron chi connectivity index (χ1n) is 6.99. The molecule has 0 saturated carbocycles. The average Bonchev–Trinajstić information content (AvgIpc) is 2.36. The molecule has 5 heteroatoms. The molecule has 0 saturated heterocycles. The van der Waals surface area contributed by atoms with E-state index >= 15 is 0 Å². The van der Waals surface area contributed by atoms with Crippen molar-refractivity contribution in [2.75, 3.05) is 19.1 Å². The zero-order valence-electron chi connectivity index (χ0n) is 12.3. The summed E-state index contributed by atoms with van der Waals surface area (Å²) in [6, 6.07) is 6.35. The van der Waals surface area contributed by atoms with Crippen molar-refractivity contribution in [2.24, 2.45) is 0 Å². The molecule has 0 aliphatic heterocycles. The Balaban J connectivity index is 2.12. The zero-order chi connectivity index (χ0) is 14.8. The van der Waals surface area contributed by atoms with E-state index in [1.165, 1.54) is 17.4 Å². The molecule has 0 bridgehead atoms. The first-order valence-corrected chi connectivity index (χ1v) is 9.05. The van der Waals surface area contributed by atoms with Crippen LogP contribution in [0.3, 0.4) is 0 Å². The summed E-state index contributed by atoms with van der Waals surface area (Å²) in [6.45, 7) is 1.93. The fourth-order valence-electron chi connectivity index (χ4n) is 2.94. The number of nitrogens with one attached hydrogen (secondary N) is 1. The summed E-state index contributed by atoms with van der Waals surface area (Å²) in [4.78, 5) is 0. The van der Waals surface area contributed by atoms with Crippen LogP contribution in [0.15, 0.2) is 18.2 Å². The number of hydrogen-bond donors (Lipinski definition) is 1. The molecule has 1 aliphatic rings. The van der Waals surface area contributed by atoms with Crippen molar-refractivity contribution in [2.45, 2.75) is 38.3 Å². The van der Waals surface area contributed by atoms with E-state index in [1.807, 2.05) is 13.0 Å². The lowest BCUT2D eigenvalue weighted by Gasteiger charge is -2.29. The molecule has 0 aromatic heterocycles. The molecule has 0 amide bonds. The highest BCUT2D eigenvalue weighted by Gasteiger charge is 2.23. The Hall–Kier alpha value is -1.07. The van der Waals surface area contributed by atoms with E-state index in [1.54, 1.807) is 7.11 Å². The summed E-state index contributed by atoms with van der Waals surface area (Å²) in [5.41, 5.74) is 2.58. The van der Waals surface area contributed by atoms with Gasteiger partial charge in [-0.1, -0.05) is 6.07 Å². The lowest BCUT2D eigenvalue weighted by Crippen LogP contribution is -2.37. The van der Waals surface area contributed by atoms with Gasteiger partial charge in [-0.3, -0.25) is 0 Å². The molecule has 1 aromatic carbocycles. The van der Waals surface area contributed by atoms with Crippen molar-refractivity contribution in [3.05, 3.63) is 29.3 Å². The van der Waals surface area contributed by atoms with Crippen LogP contribution in [0.5, 0.6) is 5.75 Å². The molecule has 112 valence electrons. The van der Waals surface area contributed by atoms with Gasteiger partial charge in [0.25, 0.3) is 0 Å². The van der Waals surface area contributed by atoms with Gasteiger partial charge in [-0.15, -0.1) is 0 Å². The molecule has 20 heavy (non-hydrogen) atoms. The summed E-state index contributed by atoms with van der Waals surface area (Å²) in [7, 11) is -1.27. The predicted octanol–water partition coefficient (Wildman–Crippen LogP) is 2.10. The normalized spacial score (nSPS) is 20.2. The van der Waals surface area contributed by atoms with Crippen molar-refractivity contribution in [3.63, 3.8) is 0 Å². The third-order valence-corrected chi connectivity index (χ3v) is 4.81. The maximum Gasteiger partial charge on any atom is 0.148 e. The van der Waals surface area contributed by atoms with E-state index in [9.17, 15) is 8.42 Å². The van der Waals surface area contributed by atoms with E-state index in [0.29, 0.717) is 0 Å². The molecule has 4 nitrogen and oxygen atoms in total. The molecule has 1 aromatic rings. The second kappa shape index (κ2) is 6.14. The summed E-state index contributed by atoms with van der Waals surface area (Å²) < 4.78 is 28.0. The van der Waals surface area contributed by atoms with Crippen LogP contribution >= 0.6 is 0 Å². The third kappa shape index (κ3) is 3.96. The van der Waals surface area contributed by atoms with Crippen molar-refractivity contribution in [3.8, 4) is 5.75 Å². The number of ether oxygens (including phenoxy) is 1. The van der Waals surface area contributed by atoms with Crippen molar-refractivity contribution < 1.29 is 13.2 Å². The second-order valence-electron chi connectivity index (χ2n) is 5.67. The summed E-state index contributed by atoms with van der Waals surface area (Å²) in [5.74, 6) is 1.06. The molecule has 1 N–H and O–H groups in total. The molecule has 2 unspecified atom stereocenters. The van der Waals surface area contributed by atoms with E-state index in [-0.39, 0.29) is 17.8 Å². The second-order valence-corrected chi connectivity index (χ2v) is 7.85. The van der Waals surface area contributed by atoms with Gasteiger partial charge in [0.05, 0.1) is 12.9 Å². The Morgan fingerprint density at radius 1 is 1.45 bits per heavy atom. The van der Waals surface area contributed by atoms with E-state index in [0.717, 1.165) is 25.0 Å². The third-order valence-electron chi connectivity index (χ3n) is 3.70. The van der Waals surface area contributed by atoms with Crippen LogP contribution in [0.2, 0.25) is 0 Å². The maximum atomic E-state index is 11.4. The molecule has 2 rings (SSSR count). The fraction of sp³-hybridized carbons (Fsp3) is 0.600. The van der Waals surface area contributed by atoms with Crippen molar-refractivity contribution in [1.29, 1.82) is 0 Å². The first kappa shape index (κ1) is 15.3. The average molecular weight is 297 g/mol. The minimum absolute atomic E-state index is 0.0388. The van der Waals surface area contributed by atoms with Crippen molar-refractivity contribution in [1.82, 2.24) is 5.32 Å². The highest BCUT2D eigenvalue weighted by molar-refractivity contribution is 7.90. The Morgan fingerprint density at radius 3 is 2.85 bits per heavy atom. The number of fused-ring (bicyclic) bond motifs is 1. The van der Waals surface area contributed by atoms with Crippen molar-refractivity contribution >= 4 is 9.84 Å². The number of sulfone groups is 1. The molecule has 0 heterocycles. The highest BCUT2D eigenvalue weighted by Crippen LogP contribution is 2.32. The Morgan fingerprint density at radius 2 is 2.20 bits per heavy atom. The predicted molar refractivity (Wildman–Crippen MR) is 81.0 cm³/mol. The minimum atomic E-state index is -2.94. The van der Waals surface area contributed by atoms with Gasteiger partial charge >= 0.3 is 0 Å². The molecule has 0 fully saturated rings. The Bertz CT molecular complexity index is 568. The first-order chi connectivity index (χ1) is 9.39. The SMILES string of the molecule is COc1ccc2c(c1)CCCC2NC(C)CS(C)(=O)=O. The zero-order valence-corrected chi connectivity index (χ0v) is 13.2. The number of benzene rings is 1. The Kier molecular flexibility index (Phi) is 4.70. The van der Waals surface area contributed by atoms with E-state index < -0.39 is 9.84 Å². The van der Waals surface area contributed by atoms with Gasteiger partial charge in [0.1, 0.15) is 15.6 Å². The minimum Gasteiger partial charge on any atom is -0.497 e. The van der Waals surface area contributed by atoms with Crippen LogP contribution in [0.1, 0.15) is 36.9 Å². The molecule has 2 atom stereocenters. The van der Waals surface area contributed by atoms with Gasteiger partial charge in [-0.2, -0.15) is 0 Å². The highest BCUT2D eigenvalue weighted by atomic mass is 32.2. The number of hydrogen-bond acceptors (Lipinski definition) is 4.